The highest BCUT2D eigenvalue weighted by atomic mass is 16.5. The lowest BCUT2D eigenvalue weighted by Gasteiger charge is -2.12. The third-order valence-corrected chi connectivity index (χ3v) is 3.44. The van der Waals surface area contributed by atoms with E-state index in [1.165, 1.54) is 0 Å². The second-order valence-corrected chi connectivity index (χ2v) is 4.76. The molecule has 0 amide bonds. The zero-order valence-corrected chi connectivity index (χ0v) is 12.3. The first kappa shape index (κ1) is 13.4. The molecule has 0 aliphatic rings. The van der Waals surface area contributed by atoms with Gasteiger partial charge in [-0.05, 0) is 19.1 Å². The lowest BCUT2D eigenvalue weighted by molar-refractivity contribution is 0.343. The molecule has 0 spiro atoms. The van der Waals surface area contributed by atoms with Crippen molar-refractivity contribution >= 4 is 16.6 Å². The van der Waals surface area contributed by atoms with E-state index in [2.05, 4.69) is 29.6 Å². The number of hydrogen-bond acceptors (Lipinski definition) is 3. The summed E-state index contributed by atoms with van der Waals surface area (Å²) in [6, 6.07) is 18.3. The number of pyridine rings is 1. The van der Waals surface area contributed by atoms with Gasteiger partial charge in [0.05, 0.1) is 12.3 Å². The first-order valence-electron chi connectivity index (χ1n) is 7.13. The highest BCUT2D eigenvalue weighted by molar-refractivity contribution is 5.97. The molecule has 2 aromatic carbocycles. The maximum atomic E-state index is 5.72. The van der Waals surface area contributed by atoms with Gasteiger partial charge in [-0.1, -0.05) is 42.5 Å². The summed E-state index contributed by atoms with van der Waals surface area (Å²) in [6.07, 6.45) is 0. The number of hydrogen-bond donors (Lipinski definition) is 1. The van der Waals surface area contributed by atoms with E-state index in [0.717, 1.165) is 33.6 Å². The molecule has 0 atom stereocenters. The van der Waals surface area contributed by atoms with Crippen molar-refractivity contribution in [3.05, 3.63) is 54.6 Å². The van der Waals surface area contributed by atoms with Crippen LogP contribution in [0.25, 0.3) is 22.2 Å². The summed E-state index contributed by atoms with van der Waals surface area (Å²) in [6.45, 7) is 2.62. The third-order valence-electron chi connectivity index (χ3n) is 3.44. The number of nitrogens with one attached hydrogen (secondary N) is 1. The van der Waals surface area contributed by atoms with Crippen molar-refractivity contribution in [2.24, 2.45) is 0 Å². The van der Waals surface area contributed by atoms with Crippen LogP contribution in [0.5, 0.6) is 5.75 Å². The van der Waals surface area contributed by atoms with E-state index in [4.69, 9.17) is 9.72 Å². The number of para-hydroxylation sites is 1. The van der Waals surface area contributed by atoms with Gasteiger partial charge in [-0.2, -0.15) is 0 Å². The SMILES string of the molecule is CCOc1cccc2c(NC)cc(-c3ccccc3)nc12. The van der Waals surface area contributed by atoms with Crippen LogP contribution in [-0.2, 0) is 0 Å². The molecule has 0 fully saturated rings. The van der Waals surface area contributed by atoms with Crippen molar-refractivity contribution in [3.8, 4) is 17.0 Å². The fourth-order valence-electron chi connectivity index (χ4n) is 2.46. The lowest BCUT2D eigenvalue weighted by atomic mass is 10.1. The van der Waals surface area contributed by atoms with E-state index >= 15 is 0 Å². The molecule has 3 heteroatoms. The highest BCUT2D eigenvalue weighted by Crippen LogP contribution is 2.32. The monoisotopic (exact) mass is 278 g/mol. The molecule has 0 aliphatic carbocycles. The fourth-order valence-corrected chi connectivity index (χ4v) is 2.46. The molecule has 0 unspecified atom stereocenters. The molecule has 21 heavy (non-hydrogen) atoms. The Labute approximate surface area is 124 Å². The zero-order chi connectivity index (χ0) is 14.7. The molecule has 1 heterocycles. The maximum absolute atomic E-state index is 5.72. The van der Waals surface area contributed by atoms with Crippen LogP contribution < -0.4 is 10.1 Å². The van der Waals surface area contributed by atoms with Gasteiger partial charge in [0.25, 0.3) is 0 Å². The second kappa shape index (κ2) is 5.83. The number of nitrogens with zero attached hydrogens (tertiary/aromatic N) is 1. The predicted octanol–water partition coefficient (Wildman–Crippen LogP) is 4.34. The van der Waals surface area contributed by atoms with E-state index in [-0.39, 0.29) is 0 Å². The Morgan fingerprint density at radius 1 is 1.05 bits per heavy atom. The number of fused-ring (bicyclic) bond motifs is 1. The largest absolute Gasteiger partial charge is 0.492 e. The summed E-state index contributed by atoms with van der Waals surface area (Å²) < 4.78 is 5.72. The molecule has 3 rings (SSSR count). The van der Waals surface area contributed by atoms with Gasteiger partial charge in [0.2, 0.25) is 0 Å². The summed E-state index contributed by atoms with van der Waals surface area (Å²) in [7, 11) is 1.93. The third kappa shape index (κ3) is 2.55. The summed E-state index contributed by atoms with van der Waals surface area (Å²) in [5.41, 5.74) is 3.99. The Morgan fingerprint density at radius 2 is 1.86 bits per heavy atom. The molecule has 0 aliphatic heterocycles. The van der Waals surface area contributed by atoms with Crippen LogP contribution in [-0.4, -0.2) is 18.6 Å². The van der Waals surface area contributed by atoms with Crippen molar-refractivity contribution < 1.29 is 4.74 Å². The Balaban J connectivity index is 2.26. The molecular weight excluding hydrogens is 260 g/mol. The first-order chi connectivity index (χ1) is 10.3. The Morgan fingerprint density at radius 3 is 2.57 bits per heavy atom. The fraction of sp³-hybridized carbons (Fsp3) is 0.167. The lowest BCUT2D eigenvalue weighted by Crippen LogP contribution is -1.98. The average Bonchev–Trinajstić information content (AvgIpc) is 2.55. The number of aromatic nitrogens is 1. The minimum absolute atomic E-state index is 0.630. The van der Waals surface area contributed by atoms with Crippen LogP contribution >= 0.6 is 0 Å². The molecule has 3 aromatic rings. The topological polar surface area (TPSA) is 34.1 Å². The van der Waals surface area contributed by atoms with Gasteiger partial charge in [-0.15, -0.1) is 0 Å². The normalized spacial score (nSPS) is 10.6. The summed E-state index contributed by atoms with van der Waals surface area (Å²) >= 11 is 0. The van der Waals surface area contributed by atoms with Crippen LogP contribution in [0, 0.1) is 0 Å². The van der Waals surface area contributed by atoms with Gasteiger partial charge < -0.3 is 10.1 Å². The molecule has 0 radical (unpaired) electrons. The summed E-state index contributed by atoms with van der Waals surface area (Å²) in [4.78, 5) is 4.81. The number of benzene rings is 2. The molecule has 0 saturated heterocycles. The van der Waals surface area contributed by atoms with E-state index < -0.39 is 0 Å². The smallest absolute Gasteiger partial charge is 0.145 e. The van der Waals surface area contributed by atoms with Gasteiger partial charge in [0.1, 0.15) is 11.3 Å². The summed E-state index contributed by atoms with van der Waals surface area (Å²) in [5, 5.41) is 4.33. The van der Waals surface area contributed by atoms with Crippen molar-refractivity contribution in [3.63, 3.8) is 0 Å². The van der Waals surface area contributed by atoms with E-state index in [9.17, 15) is 0 Å². The van der Waals surface area contributed by atoms with Crippen LogP contribution in [0.2, 0.25) is 0 Å². The number of anilines is 1. The van der Waals surface area contributed by atoms with Gasteiger partial charge in [0.15, 0.2) is 0 Å². The van der Waals surface area contributed by atoms with Gasteiger partial charge >= 0.3 is 0 Å². The number of ether oxygens (including phenoxy) is 1. The minimum atomic E-state index is 0.630. The van der Waals surface area contributed by atoms with Crippen molar-refractivity contribution in [1.29, 1.82) is 0 Å². The second-order valence-electron chi connectivity index (χ2n) is 4.76. The summed E-state index contributed by atoms with van der Waals surface area (Å²) in [5.74, 6) is 0.823. The Bertz CT molecular complexity index is 754. The average molecular weight is 278 g/mol. The van der Waals surface area contributed by atoms with Gasteiger partial charge in [-0.25, -0.2) is 4.98 Å². The molecule has 0 bridgehead atoms. The van der Waals surface area contributed by atoms with Crippen LogP contribution in [0.3, 0.4) is 0 Å². The molecule has 0 saturated carbocycles. The van der Waals surface area contributed by atoms with E-state index in [0.29, 0.717) is 6.61 Å². The van der Waals surface area contributed by atoms with Crippen molar-refractivity contribution in [2.45, 2.75) is 6.92 Å². The van der Waals surface area contributed by atoms with E-state index in [1.54, 1.807) is 0 Å². The standard InChI is InChI=1S/C18H18N2O/c1-3-21-17-11-7-10-14-16(19-2)12-15(20-18(14)17)13-8-5-4-6-9-13/h4-12H,3H2,1-2H3,(H,19,20). The minimum Gasteiger partial charge on any atom is -0.492 e. The maximum Gasteiger partial charge on any atom is 0.145 e. The van der Waals surface area contributed by atoms with Crippen LogP contribution in [0.4, 0.5) is 5.69 Å². The van der Waals surface area contributed by atoms with Crippen LogP contribution in [0.1, 0.15) is 6.92 Å². The molecule has 1 N–H and O–H groups in total. The highest BCUT2D eigenvalue weighted by Gasteiger charge is 2.10. The molecule has 3 nitrogen and oxygen atoms in total. The number of rotatable bonds is 4. The van der Waals surface area contributed by atoms with Gasteiger partial charge in [-0.3, -0.25) is 0 Å². The quantitative estimate of drug-likeness (QED) is 0.770. The predicted molar refractivity (Wildman–Crippen MR) is 87.9 cm³/mol. The first-order valence-corrected chi connectivity index (χ1v) is 7.13. The molecular formula is C18H18N2O. The molecule has 106 valence electrons. The Kier molecular flexibility index (Phi) is 3.73. The van der Waals surface area contributed by atoms with Crippen molar-refractivity contribution in [1.82, 2.24) is 4.98 Å². The van der Waals surface area contributed by atoms with Gasteiger partial charge in [0, 0.05) is 23.7 Å². The van der Waals surface area contributed by atoms with Crippen LogP contribution in [0.15, 0.2) is 54.6 Å². The van der Waals surface area contributed by atoms with E-state index in [1.807, 2.05) is 44.3 Å². The molecule has 1 aromatic heterocycles. The Hall–Kier alpha value is -2.55. The zero-order valence-electron chi connectivity index (χ0n) is 12.3. The van der Waals surface area contributed by atoms with Crippen molar-refractivity contribution in [2.75, 3.05) is 19.0 Å².